The van der Waals surface area contributed by atoms with Crippen LogP contribution in [0.4, 0.5) is 5.69 Å². The average Bonchev–Trinajstić information content (AvgIpc) is 3.02. The van der Waals surface area contributed by atoms with Gasteiger partial charge in [-0.15, -0.1) is 0 Å². The van der Waals surface area contributed by atoms with Crippen LogP contribution in [0.2, 0.25) is 0 Å². The van der Waals surface area contributed by atoms with Crippen LogP contribution < -0.4 is 10.9 Å². The van der Waals surface area contributed by atoms with E-state index in [-0.39, 0.29) is 5.91 Å². The van der Waals surface area contributed by atoms with Gasteiger partial charge in [-0.05, 0) is 25.0 Å². The fourth-order valence-corrected chi connectivity index (χ4v) is 2.57. The Morgan fingerprint density at radius 3 is 2.54 bits per heavy atom. The van der Waals surface area contributed by atoms with Crippen LogP contribution in [0.3, 0.4) is 0 Å². The summed E-state index contributed by atoms with van der Waals surface area (Å²) in [5.41, 5.74) is 9.55. The van der Waals surface area contributed by atoms with Gasteiger partial charge in [-0.2, -0.15) is 0 Å². The highest BCUT2D eigenvalue weighted by Gasteiger charge is 2.21. The van der Waals surface area contributed by atoms with Gasteiger partial charge in [0, 0.05) is 5.56 Å². The number of aryl methyl sites for hydroxylation is 2. The number of nitrogens with one attached hydrogen (secondary N) is 2. The molecule has 0 aliphatic rings. The molecule has 0 bridgehead atoms. The molecule has 0 fully saturated rings. The lowest BCUT2D eigenvalue weighted by Gasteiger charge is -2.12. The smallest absolute Gasteiger partial charge is 0.275 e. The number of benzene rings is 2. The van der Waals surface area contributed by atoms with Crippen molar-refractivity contribution in [3.05, 3.63) is 71.5 Å². The molecular formula is C19H19N3O2. The zero-order chi connectivity index (χ0) is 16.9. The summed E-state index contributed by atoms with van der Waals surface area (Å²) >= 11 is 0. The van der Waals surface area contributed by atoms with Gasteiger partial charge in [0.2, 0.25) is 0 Å². The number of amides is 1. The molecule has 0 atom stereocenters. The van der Waals surface area contributed by atoms with Crippen molar-refractivity contribution in [1.29, 1.82) is 0 Å². The van der Waals surface area contributed by atoms with Crippen molar-refractivity contribution in [1.82, 2.24) is 10.6 Å². The van der Waals surface area contributed by atoms with Crippen molar-refractivity contribution in [2.75, 3.05) is 5.43 Å². The molecule has 1 aromatic heterocycles. The number of carbonyl (C=O) groups excluding carboxylic acids is 1. The monoisotopic (exact) mass is 321 g/mol. The lowest BCUT2D eigenvalue weighted by molar-refractivity contribution is 0.0961. The van der Waals surface area contributed by atoms with Gasteiger partial charge in [-0.25, -0.2) is 0 Å². The summed E-state index contributed by atoms with van der Waals surface area (Å²) in [6.07, 6.45) is 0.876. The van der Waals surface area contributed by atoms with Crippen LogP contribution in [0.5, 0.6) is 0 Å². The van der Waals surface area contributed by atoms with Gasteiger partial charge in [0.25, 0.3) is 5.91 Å². The maximum atomic E-state index is 12.6. The van der Waals surface area contributed by atoms with Crippen molar-refractivity contribution in [3.8, 4) is 11.3 Å². The van der Waals surface area contributed by atoms with Crippen molar-refractivity contribution in [2.45, 2.75) is 20.3 Å². The van der Waals surface area contributed by atoms with Gasteiger partial charge in [0.15, 0.2) is 0 Å². The van der Waals surface area contributed by atoms with E-state index in [0.717, 1.165) is 23.2 Å². The first-order valence-electron chi connectivity index (χ1n) is 7.86. The van der Waals surface area contributed by atoms with Gasteiger partial charge in [-0.1, -0.05) is 60.6 Å². The van der Waals surface area contributed by atoms with Crippen molar-refractivity contribution < 1.29 is 9.32 Å². The number of rotatable bonds is 5. The Balaban J connectivity index is 1.82. The molecule has 0 aliphatic carbocycles. The molecule has 0 spiro atoms. The van der Waals surface area contributed by atoms with E-state index in [2.05, 4.69) is 22.9 Å². The van der Waals surface area contributed by atoms with E-state index in [1.165, 1.54) is 0 Å². The van der Waals surface area contributed by atoms with Gasteiger partial charge < -0.3 is 4.52 Å². The molecule has 5 nitrogen and oxygen atoms in total. The Morgan fingerprint density at radius 2 is 1.79 bits per heavy atom. The highest BCUT2D eigenvalue weighted by molar-refractivity contribution is 6.01. The number of hydrogen-bond acceptors (Lipinski definition) is 4. The molecule has 3 aromatic rings. The second-order valence-electron chi connectivity index (χ2n) is 5.42. The number of hydrogen-bond donors (Lipinski definition) is 2. The lowest BCUT2D eigenvalue weighted by atomic mass is 10.1. The Hall–Kier alpha value is -3.08. The third-order valence-electron chi connectivity index (χ3n) is 3.85. The third kappa shape index (κ3) is 3.15. The van der Waals surface area contributed by atoms with Crippen molar-refractivity contribution in [2.24, 2.45) is 0 Å². The Bertz CT molecular complexity index is 841. The van der Waals surface area contributed by atoms with E-state index in [1.807, 2.05) is 54.6 Å². The number of anilines is 1. The van der Waals surface area contributed by atoms with Crippen molar-refractivity contribution >= 4 is 11.6 Å². The third-order valence-corrected chi connectivity index (χ3v) is 3.85. The quantitative estimate of drug-likeness (QED) is 0.698. The van der Waals surface area contributed by atoms with Crippen LogP contribution in [0.1, 0.15) is 28.6 Å². The number of para-hydroxylation sites is 1. The van der Waals surface area contributed by atoms with Crippen LogP contribution >= 0.6 is 0 Å². The second-order valence-corrected chi connectivity index (χ2v) is 5.42. The van der Waals surface area contributed by atoms with Gasteiger partial charge in [-0.3, -0.25) is 15.6 Å². The van der Waals surface area contributed by atoms with Crippen LogP contribution in [-0.2, 0) is 6.42 Å². The number of hydrazine groups is 1. The molecule has 0 saturated carbocycles. The first-order chi connectivity index (χ1) is 11.7. The standard InChI is InChI=1S/C19H19N3O2/c1-3-14-9-7-8-12-16(14)20-21-19(23)17-13(2)24-22-18(17)15-10-5-4-6-11-15/h4-12,20H,3H2,1-2H3,(H,21,23). The van der Waals surface area contributed by atoms with Gasteiger partial charge in [0.1, 0.15) is 17.0 Å². The molecule has 0 aliphatic heterocycles. The zero-order valence-corrected chi connectivity index (χ0v) is 13.7. The summed E-state index contributed by atoms with van der Waals surface area (Å²) in [6, 6.07) is 17.4. The largest absolute Gasteiger partial charge is 0.360 e. The first kappa shape index (κ1) is 15.8. The molecule has 5 heteroatoms. The molecule has 1 heterocycles. The molecule has 122 valence electrons. The van der Waals surface area contributed by atoms with Gasteiger partial charge in [0.05, 0.1) is 5.69 Å². The minimum Gasteiger partial charge on any atom is -0.360 e. The summed E-state index contributed by atoms with van der Waals surface area (Å²) in [5, 5.41) is 4.03. The summed E-state index contributed by atoms with van der Waals surface area (Å²) in [5.74, 6) is 0.204. The molecule has 1 amide bonds. The topological polar surface area (TPSA) is 67.2 Å². The predicted octanol–water partition coefficient (Wildman–Crippen LogP) is 3.97. The molecule has 24 heavy (non-hydrogen) atoms. The molecule has 3 rings (SSSR count). The predicted molar refractivity (Wildman–Crippen MR) is 93.6 cm³/mol. The molecule has 2 aromatic carbocycles. The maximum absolute atomic E-state index is 12.6. The molecule has 0 saturated heterocycles. The highest BCUT2D eigenvalue weighted by Crippen LogP contribution is 2.25. The van der Waals surface area contributed by atoms with E-state index in [9.17, 15) is 4.79 Å². The summed E-state index contributed by atoms with van der Waals surface area (Å²) < 4.78 is 5.23. The zero-order valence-electron chi connectivity index (χ0n) is 13.7. The Kier molecular flexibility index (Phi) is 4.61. The first-order valence-corrected chi connectivity index (χ1v) is 7.86. The fourth-order valence-electron chi connectivity index (χ4n) is 2.57. The van der Waals surface area contributed by atoms with E-state index in [1.54, 1.807) is 6.92 Å². The highest BCUT2D eigenvalue weighted by atomic mass is 16.5. The van der Waals surface area contributed by atoms with E-state index in [4.69, 9.17) is 4.52 Å². The molecule has 2 N–H and O–H groups in total. The van der Waals surface area contributed by atoms with Crippen molar-refractivity contribution in [3.63, 3.8) is 0 Å². The Morgan fingerprint density at radius 1 is 1.08 bits per heavy atom. The van der Waals surface area contributed by atoms with Crippen LogP contribution in [0.25, 0.3) is 11.3 Å². The van der Waals surface area contributed by atoms with Crippen LogP contribution in [0, 0.1) is 6.92 Å². The number of aromatic nitrogens is 1. The minimum atomic E-state index is -0.279. The summed E-state index contributed by atoms with van der Waals surface area (Å²) in [6.45, 7) is 3.80. The van der Waals surface area contributed by atoms with E-state index in [0.29, 0.717) is 17.0 Å². The van der Waals surface area contributed by atoms with E-state index >= 15 is 0 Å². The minimum absolute atomic E-state index is 0.279. The fraction of sp³-hybridized carbons (Fsp3) is 0.158. The lowest BCUT2D eigenvalue weighted by Crippen LogP contribution is -2.30. The second kappa shape index (κ2) is 7.00. The molecule has 0 unspecified atom stereocenters. The Labute approximate surface area is 140 Å². The number of carbonyl (C=O) groups is 1. The summed E-state index contributed by atoms with van der Waals surface area (Å²) in [4.78, 5) is 12.6. The summed E-state index contributed by atoms with van der Waals surface area (Å²) in [7, 11) is 0. The van der Waals surface area contributed by atoms with Gasteiger partial charge >= 0.3 is 0 Å². The normalized spacial score (nSPS) is 10.4. The van der Waals surface area contributed by atoms with Crippen LogP contribution in [-0.4, -0.2) is 11.1 Å². The molecular weight excluding hydrogens is 302 g/mol. The van der Waals surface area contributed by atoms with E-state index < -0.39 is 0 Å². The SMILES string of the molecule is CCc1ccccc1NNC(=O)c1c(-c2ccccc2)noc1C. The average molecular weight is 321 g/mol. The number of nitrogens with zero attached hydrogens (tertiary/aromatic N) is 1. The van der Waals surface area contributed by atoms with Crippen LogP contribution in [0.15, 0.2) is 59.1 Å². The molecule has 0 radical (unpaired) electrons. The maximum Gasteiger partial charge on any atom is 0.275 e.